The zero-order valence-electron chi connectivity index (χ0n) is 18.4. The number of aromatic nitrogens is 4. The van der Waals surface area contributed by atoms with Gasteiger partial charge in [-0.25, -0.2) is 15.0 Å². The summed E-state index contributed by atoms with van der Waals surface area (Å²) in [5, 5.41) is 24.9. The third-order valence-corrected chi connectivity index (χ3v) is 8.28. The molecule has 3 saturated carbocycles. The van der Waals surface area contributed by atoms with Crippen molar-refractivity contribution < 1.29 is 15.0 Å². The lowest BCUT2D eigenvalue weighted by Gasteiger charge is -2.23. The predicted octanol–water partition coefficient (Wildman–Crippen LogP) is 2.29. The highest BCUT2D eigenvalue weighted by Gasteiger charge is 2.74. The van der Waals surface area contributed by atoms with Gasteiger partial charge in [-0.15, -0.1) is 11.3 Å². The minimum atomic E-state index is -1.09. The summed E-state index contributed by atoms with van der Waals surface area (Å²) in [6, 6.07) is 3.54. The molecule has 0 aliphatic heterocycles. The van der Waals surface area contributed by atoms with Crippen LogP contribution >= 0.6 is 11.3 Å². The number of carbonyl (C=O) groups excluding carboxylic acids is 1. The first-order valence-electron chi connectivity index (χ1n) is 11.3. The second-order valence-corrected chi connectivity index (χ2v) is 10.8. The molecule has 3 heterocycles. The fourth-order valence-electron chi connectivity index (χ4n) is 5.27. The summed E-state index contributed by atoms with van der Waals surface area (Å²) < 4.78 is 1.80. The Morgan fingerprint density at radius 1 is 1.30 bits per heavy atom. The van der Waals surface area contributed by atoms with Crippen LogP contribution in [-0.2, 0) is 4.79 Å². The number of fused-ring (bicyclic) bond motifs is 2. The smallest absolute Gasteiger partial charge is 0.209 e. The molecule has 2 unspecified atom stereocenters. The van der Waals surface area contributed by atoms with Crippen molar-refractivity contribution >= 4 is 34.1 Å². The third kappa shape index (κ3) is 3.28. The molecular formula is C24H25N5O3S. The summed E-state index contributed by atoms with van der Waals surface area (Å²) in [4.78, 5) is 28.3. The van der Waals surface area contributed by atoms with Crippen LogP contribution in [0.25, 0.3) is 11.2 Å². The van der Waals surface area contributed by atoms with Gasteiger partial charge in [0.05, 0.1) is 28.8 Å². The predicted molar refractivity (Wildman–Crippen MR) is 124 cm³/mol. The van der Waals surface area contributed by atoms with E-state index in [1.807, 2.05) is 19.1 Å². The summed E-state index contributed by atoms with van der Waals surface area (Å²) >= 11 is 1.62. The number of rotatable bonds is 5. The maximum atomic E-state index is 12.3. The molecule has 3 aromatic rings. The number of hydrogen-bond acceptors (Lipinski definition) is 8. The Bertz CT molecular complexity index is 1330. The van der Waals surface area contributed by atoms with Gasteiger partial charge in [0.1, 0.15) is 11.9 Å². The minimum absolute atomic E-state index is 0.0785. The highest BCUT2D eigenvalue weighted by atomic mass is 32.1. The van der Waals surface area contributed by atoms with E-state index in [-0.39, 0.29) is 11.7 Å². The van der Waals surface area contributed by atoms with Gasteiger partial charge >= 0.3 is 0 Å². The Balaban J connectivity index is 1.42. The van der Waals surface area contributed by atoms with Crippen molar-refractivity contribution in [3.05, 3.63) is 34.0 Å². The molecule has 0 bridgehead atoms. The quantitative estimate of drug-likeness (QED) is 0.498. The van der Waals surface area contributed by atoms with E-state index >= 15 is 0 Å². The van der Waals surface area contributed by atoms with Gasteiger partial charge in [-0.3, -0.25) is 4.79 Å². The van der Waals surface area contributed by atoms with E-state index in [9.17, 15) is 15.0 Å². The summed E-state index contributed by atoms with van der Waals surface area (Å²) in [7, 11) is 0. The van der Waals surface area contributed by atoms with Gasteiger partial charge < -0.3 is 20.1 Å². The van der Waals surface area contributed by atoms with Crippen LogP contribution in [0.1, 0.15) is 47.8 Å². The number of aliphatic hydroxyl groups excluding tert-OH is 2. The third-order valence-electron chi connectivity index (χ3n) is 7.36. The van der Waals surface area contributed by atoms with E-state index in [0.29, 0.717) is 35.1 Å². The first kappa shape index (κ1) is 20.8. The van der Waals surface area contributed by atoms with Gasteiger partial charge in [-0.1, -0.05) is 0 Å². The van der Waals surface area contributed by atoms with Crippen LogP contribution in [0.4, 0.5) is 5.82 Å². The fourth-order valence-corrected chi connectivity index (χ4v) is 5.99. The highest BCUT2D eigenvalue weighted by molar-refractivity contribution is 7.12. The van der Waals surface area contributed by atoms with Crippen LogP contribution < -0.4 is 5.32 Å². The Hall–Kier alpha value is -2.80. The number of nitrogens with zero attached hydrogens (tertiary/aromatic N) is 4. The number of aryl methyl sites for hydroxylation is 1. The SMILES string of the molecule is CC(=O)[C@]12CC1[C@@H](n1cnc3c(NCC4CC4)nc(C#Cc4ccc(C)s4)nc31)[C@H](O)C2O. The summed E-state index contributed by atoms with van der Waals surface area (Å²) in [6.07, 6.45) is 2.47. The maximum absolute atomic E-state index is 12.3. The van der Waals surface area contributed by atoms with Gasteiger partial charge in [0, 0.05) is 11.4 Å². The molecule has 5 atom stereocenters. The van der Waals surface area contributed by atoms with E-state index in [2.05, 4.69) is 32.1 Å². The monoisotopic (exact) mass is 463 g/mol. The minimum Gasteiger partial charge on any atom is -0.389 e. The summed E-state index contributed by atoms with van der Waals surface area (Å²) in [6.45, 7) is 4.35. The largest absolute Gasteiger partial charge is 0.389 e. The van der Waals surface area contributed by atoms with Gasteiger partial charge in [0.2, 0.25) is 5.82 Å². The number of nitrogens with one attached hydrogen (secondary N) is 1. The molecule has 3 aliphatic carbocycles. The molecule has 3 aliphatic rings. The lowest BCUT2D eigenvalue weighted by molar-refractivity contribution is -0.128. The molecule has 6 rings (SSSR count). The molecule has 3 fully saturated rings. The number of carbonyl (C=O) groups is 1. The topological polar surface area (TPSA) is 113 Å². The van der Waals surface area contributed by atoms with Gasteiger partial charge in [-0.05, 0) is 68.9 Å². The van der Waals surface area contributed by atoms with Crippen molar-refractivity contribution in [3.63, 3.8) is 0 Å². The average molecular weight is 464 g/mol. The highest BCUT2D eigenvalue weighted by Crippen LogP contribution is 2.68. The fraction of sp³-hybridized carbons (Fsp3) is 0.500. The molecule has 0 spiro atoms. The van der Waals surface area contributed by atoms with Crippen molar-refractivity contribution in [2.24, 2.45) is 17.3 Å². The van der Waals surface area contributed by atoms with Gasteiger partial charge in [0.25, 0.3) is 0 Å². The van der Waals surface area contributed by atoms with Crippen LogP contribution in [0.15, 0.2) is 18.5 Å². The van der Waals surface area contributed by atoms with E-state index in [4.69, 9.17) is 0 Å². The van der Waals surface area contributed by atoms with Gasteiger partial charge in [0.15, 0.2) is 17.0 Å². The number of aliphatic hydroxyl groups is 2. The van der Waals surface area contributed by atoms with Crippen LogP contribution in [0, 0.1) is 36.0 Å². The number of ketones is 1. The van der Waals surface area contributed by atoms with Crippen molar-refractivity contribution in [1.29, 1.82) is 0 Å². The van der Waals surface area contributed by atoms with E-state index in [1.54, 1.807) is 22.2 Å². The zero-order valence-corrected chi connectivity index (χ0v) is 19.3. The molecule has 33 heavy (non-hydrogen) atoms. The van der Waals surface area contributed by atoms with Crippen LogP contribution in [0.2, 0.25) is 0 Å². The summed E-state index contributed by atoms with van der Waals surface area (Å²) in [5.74, 6) is 7.64. The molecule has 3 N–H and O–H groups in total. The van der Waals surface area contributed by atoms with Crippen LogP contribution in [0.5, 0.6) is 0 Å². The first-order chi connectivity index (χ1) is 15.9. The lowest BCUT2D eigenvalue weighted by Crippen LogP contribution is -2.36. The lowest BCUT2D eigenvalue weighted by atomic mass is 9.95. The molecule has 3 aromatic heterocycles. The molecule has 9 heteroatoms. The number of hydrogen-bond donors (Lipinski definition) is 3. The Labute approximate surface area is 195 Å². The molecule has 0 aromatic carbocycles. The number of Topliss-reactive ketones (excluding diaryl/α,β-unsaturated/α-hetero) is 1. The molecule has 170 valence electrons. The van der Waals surface area contributed by atoms with Crippen molar-refractivity contribution in [2.45, 2.75) is 51.4 Å². The molecule has 0 saturated heterocycles. The number of imidazole rings is 1. The normalized spacial score (nSPS) is 30.1. The van der Waals surface area contributed by atoms with Crippen molar-refractivity contribution in [3.8, 4) is 11.8 Å². The Morgan fingerprint density at radius 3 is 2.79 bits per heavy atom. The molecular weight excluding hydrogens is 438 g/mol. The van der Waals surface area contributed by atoms with Crippen LogP contribution in [-0.4, -0.2) is 54.3 Å². The van der Waals surface area contributed by atoms with Crippen molar-refractivity contribution in [2.75, 3.05) is 11.9 Å². The van der Waals surface area contributed by atoms with E-state index in [0.717, 1.165) is 11.4 Å². The second kappa shape index (κ2) is 7.35. The standard InChI is InChI=1S/C24H25N5O3S/c1-12-3-6-15(33-12)7-8-17-27-22(25-10-14-4-5-14)18-23(28-17)29(11-26-18)19-16-9-24(16,13(2)30)21(32)20(19)31/h3,6,11,14,16,19-21,31-32H,4-5,9-10H2,1-2H3,(H,25,27,28)/t16?,19-,20+,21?,24-/m1/s1. The zero-order chi connectivity index (χ0) is 22.9. The van der Waals surface area contributed by atoms with Crippen molar-refractivity contribution in [1.82, 2.24) is 19.5 Å². The number of anilines is 1. The first-order valence-corrected chi connectivity index (χ1v) is 12.1. The Kier molecular flexibility index (Phi) is 4.63. The van der Waals surface area contributed by atoms with E-state index < -0.39 is 23.7 Å². The Morgan fingerprint density at radius 2 is 2.12 bits per heavy atom. The van der Waals surface area contributed by atoms with E-state index in [1.165, 1.54) is 24.6 Å². The molecule has 0 amide bonds. The molecule has 8 nitrogen and oxygen atoms in total. The molecule has 0 radical (unpaired) electrons. The summed E-state index contributed by atoms with van der Waals surface area (Å²) in [5.41, 5.74) is 0.300. The average Bonchev–Trinajstić information content (AvgIpc) is 3.65. The second-order valence-electron chi connectivity index (χ2n) is 9.54. The van der Waals surface area contributed by atoms with Gasteiger partial charge in [-0.2, -0.15) is 0 Å². The number of thiophene rings is 1. The maximum Gasteiger partial charge on any atom is 0.209 e. The van der Waals surface area contributed by atoms with Crippen LogP contribution in [0.3, 0.4) is 0 Å².